The van der Waals surface area contributed by atoms with Gasteiger partial charge in [0.05, 0.1) is 29.5 Å². The summed E-state index contributed by atoms with van der Waals surface area (Å²) in [7, 11) is -2.90. The first-order valence-electron chi connectivity index (χ1n) is 10.1. The van der Waals surface area contributed by atoms with Crippen LogP contribution in [0.25, 0.3) is 0 Å². The molecule has 3 aromatic rings. The van der Waals surface area contributed by atoms with E-state index in [1.165, 1.54) is 55.8 Å². The molecule has 0 aliphatic heterocycles. The number of rotatable bonds is 9. The summed E-state index contributed by atoms with van der Waals surface area (Å²) in [5.41, 5.74) is 2.86. The molecular formula is C23H20F3N3O6S. The standard InChI is InChI=1S/C23H20F3N3O6S/c1-34-21-11-15(13-27-29-17-6-8-19(9-7-17)36(31,32)33)5-10-20(21)35-14-22(30)28-18-4-2-3-16(12-18)23(24,25)26/h2-13,29H,14H2,1H3,(H,28,30)(H,31,32,33)/b27-13+. The number of hydrazone groups is 1. The SMILES string of the molecule is COc1cc(/C=N/Nc2ccc(S(=O)(=O)O)cc2)ccc1OCC(=O)Nc1cccc(C(F)(F)F)c1. The molecule has 0 aliphatic carbocycles. The molecule has 0 radical (unpaired) electrons. The maximum Gasteiger partial charge on any atom is 0.416 e. The van der Waals surface area contributed by atoms with Crippen molar-refractivity contribution in [2.24, 2.45) is 5.10 Å². The molecule has 0 saturated carbocycles. The quantitative estimate of drug-likeness (QED) is 0.215. The number of amides is 1. The molecule has 1 amide bonds. The summed E-state index contributed by atoms with van der Waals surface area (Å²) < 4.78 is 80.3. The zero-order valence-electron chi connectivity index (χ0n) is 18.6. The summed E-state index contributed by atoms with van der Waals surface area (Å²) in [5.74, 6) is -0.155. The Kier molecular flexibility index (Phi) is 8.17. The van der Waals surface area contributed by atoms with Crippen molar-refractivity contribution in [1.29, 1.82) is 0 Å². The first-order chi connectivity index (χ1) is 17.0. The van der Waals surface area contributed by atoms with Crippen molar-refractivity contribution in [3.05, 3.63) is 77.9 Å². The second kappa shape index (κ2) is 11.1. The van der Waals surface area contributed by atoms with Gasteiger partial charge in [0.25, 0.3) is 16.0 Å². The highest BCUT2D eigenvalue weighted by Gasteiger charge is 2.30. The molecule has 0 aliphatic rings. The molecule has 0 heterocycles. The van der Waals surface area contributed by atoms with Crippen molar-refractivity contribution in [2.45, 2.75) is 11.1 Å². The third kappa shape index (κ3) is 7.45. The summed E-state index contributed by atoms with van der Waals surface area (Å²) >= 11 is 0. The van der Waals surface area contributed by atoms with Crippen LogP contribution in [0.5, 0.6) is 11.5 Å². The fourth-order valence-electron chi connectivity index (χ4n) is 2.88. The van der Waals surface area contributed by atoms with Crippen LogP contribution in [0, 0.1) is 0 Å². The molecule has 0 spiro atoms. The van der Waals surface area contributed by atoms with Crippen molar-refractivity contribution in [3.8, 4) is 11.5 Å². The Morgan fingerprint density at radius 2 is 1.75 bits per heavy atom. The monoisotopic (exact) mass is 523 g/mol. The normalized spacial score (nSPS) is 11.8. The third-order valence-electron chi connectivity index (χ3n) is 4.58. The number of carbonyl (C=O) groups is 1. The van der Waals surface area contributed by atoms with Gasteiger partial charge in [-0.05, 0) is 66.2 Å². The topological polar surface area (TPSA) is 126 Å². The molecule has 0 atom stereocenters. The summed E-state index contributed by atoms with van der Waals surface area (Å²) in [6.45, 7) is -0.471. The Labute approximate surface area is 204 Å². The number of halogens is 3. The van der Waals surface area contributed by atoms with Crippen LogP contribution in [0.2, 0.25) is 0 Å². The van der Waals surface area contributed by atoms with Crippen molar-refractivity contribution < 1.29 is 40.4 Å². The van der Waals surface area contributed by atoms with Gasteiger partial charge in [-0.15, -0.1) is 0 Å². The third-order valence-corrected chi connectivity index (χ3v) is 5.45. The molecule has 0 saturated heterocycles. The molecule has 0 bridgehead atoms. The smallest absolute Gasteiger partial charge is 0.416 e. The number of ether oxygens (including phenoxy) is 2. The fraction of sp³-hybridized carbons (Fsp3) is 0.130. The van der Waals surface area contributed by atoms with Crippen molar-refractivity contribution in [3.63, 3.8) is 0 Å². The number of hydrogen-bond acceptors (Lipinski definition) is 7. The lowest BCUT2D eigenvalue weighted by Crippen LogP contribution is -2.20. The zero-order chi connectivity index (χ0) is 26.3. The van der Waals surface area contributed by atoms with Crippen LogP contribution in [0.4, 0.5) is 24.5 Å². The molecule has 0 aromatic heterocycles. The number of methoxy groups -OCH3 is 1. The number of carbonyl (C=O) groups excluding carboxylic acids is 1. The Bertz CT molecular complexity index is 1360. The van der Waals surface area contributed by atoms with E-state index < -0.39 is 34.4 Å². The predicted octanol–water partition coefficient (Wildman–Crippen LogP) is 4.42. The number of anilines is 2. The van der Waals surface area contributed by atoms with Gasteiger partial charge in [0.1, 0.15) is 0 Å². The van der Waals surface area contributed by atoms with Gasteiger partial charge in [-0.25, -0.2) is 0 Å². The first kappa shape index (κ1) is 26.5. The van der Waals surface area contributed by atoms with Crippen LogP contribution >= 0.6 is 0 Å². The van der Waals surface area contributed by atoms with Gasteiger partial charge in [0.2, 0.25) is 0 Å². The average Bonchev–Trinajstić information content (AvgIpc) is 2.82. The summed E-state index contributed by atoms with van der Waals surface area (Å²) in [4.78, 5) is 11.9. The second-order valence-electron chi connectivity index (χ2n) is 7.20. The van der Waals surface area contributed by atoms with E-state index >= 15 is 0 Å². The van der Waals surface area contributed by atoms with Crippen LogP contribution in [0.3, 0.4) is 0 Å². The van der Waals surface area contributed by atoms with Gasteiger partial charge in [0.15, 0.2) is 18.1 Å². The number of alkyl halides is 3. The molecule has 190 valence electrons. The Hall–Kier alpha value is -4.10. The lowest BCUT2D eigenvalue weighted by molar-refractivity contribution is -0.137. The Morgan fingerprint density at radius 1 is 1.03 bits per heavy atom. The Morgan fingerprint density at radius 3 is 2.39 bits per heavy atom. The highest BCUT2D eigenvalue weighted by Crippen LogP contribution is 2.31. The van der Waals surface area contributed by atoms with Gasteiger partial charge in [0, 0.05) is 5.69 Å². The first-order valence-corrected chi connectivity index (χ1v) is 11.5. The van der Waals surface area contributed by atoms with E-state index in [-0.39, 0.29) is 22.1 Å². The highest BCUT2D eigenvalue weighted by atomic mass is 32.2. The maximum absolute atomic E-state index is 12.8. The van der Waals surface area contributed by atoms with Gasteiger partial charge in [-0.1, -0.05) is 6.07 Å². The van der Waals surface area contributed by atoms with Crippen molar-refractivity contribution in [2.75, 3.05) is 24.5 Å². The molecule has 9 nitrogen and oxygen atoms in total. The lowest BCUT2D eigenvalue weighted by atomic mass is 10.2. The van der Waals surface area contributed by atoms with E-state index in [9.17, 15) is 26.4 Å². The van der Waals surface area contributed by atoms with Crippen LogP contribution in [0.15, 0.2) is 76.7 Å². The lowest BCUT2D eigenvalue weighted by Gasteiger charge is -2.12. The van der Waals surface area contributed by atoms with Gasteiger partial charge in [-0.3, -0.25) is 14.8 Å². The highest BCUT2D eigenvalue weighted by molar-refractivity contribution is 7.85. The molecule has 3 N–H and O–H groups in total. The fourth-order valence-corrected chi connectivity index (χ4v) is 3.36. The van der Waals surface area contributed by atoms with Crippen LogP contribution in [-0.2, 0) is 21.1 Å². The van der Waals surface area contributed by atoms with Crippen LogP contribution in [0.1, 0.15) is 11.1 Å². The molecule has 0 unspecified atom stereocenters. The Balaban J connectivity index is 1.58. The maximum atomic E-state index is 12.8. The number of benzene rings is 3. The van der Waals surface area contributed by atoms with Crippen LogP contribution < -0.4 is 20.2 Å². The summed E-state index contributed by atoms with van der Waals surface area (Å²) in [6.07, 6.45) is -3.08. The van der Waals surface area contributed by atoms with E-state index in [4.69, 9.17) is 14.0 Å². The minimum atomic E-state index is -4.53. The van der Waals surface area contributed by atoms with E-state index in [0.29, 0.717) is 11.3 Å². The zero-order valence-corrected chi connectivity index (χ0v) is 19.4. The molecule has 0 fully saturated rings. The van der Waals surface area contributed by atoms with Crippen LogP contribution in [-0.4, -0.2) is 38.8 Å². The summed E-state index contributed by atoms with van der Waals surface area (Å²) in [5, 5.41) is 6.37. The molecular weight excluding hydrogens is 503 g/mol. The van der Waals surface area contributed by atoms with Gasteiger partial charge < -0.3 is 14.8 Å². The minimum absolute atomic E-state index is 0.0166. The van der Waals surface area contributed by atoms with E-state index in [2.05, 4.69) is 15.8 Å². The van der Waals surface area contributed by atoms with Crippen molar-refractivity contribution in [1.82, 2.24) is 0 Å². The van der Waals surface area contributed by atoms with E-state index in [1.54, 1.807) is 12.1 Å². The second-order valence-corrected chi connectivity index (χ2v) is 8.62. The van der Waals surface area contributed by atoms with Gasteiger partial charge >= 0.3 is 6.18 Å². The minimum Gasteiger partial charge on any atom is -0.493 e. The average molecular weight is 523 g/mol. The number of nitrogens with one attached hydrogen (secondary N) is 2. The summed E-state index contributed by atoms with van der Waals surface area (Å²) in [6, 6.07) is 14.2. The molecule has 36 heavy (non-hydrogen) atoms. The predicted molar refractivity (Wildman–Crippen MR) is 126 cm³/mol. The molecule has 13 heteroatoms. The molecule has 3 aromatic carbocycles. The van der Waals surface area contributed by atoms with E-state index in [0.717, 1.165) is 12.1 Å². The van der Waals surface area contributed by atoms with Crippen molar-refractivity contribution >= 4 is 33.6 Å². The largest absolute Gasteiger partial charge is 0.493 e. The molecule has 3 rings (SSSR count). The van der Waals surface area contributed by atoms with E-state index in [1.807, 2.05) is 0 Å². The number of hydrogen-bond donors (Lipinski definition) is 3. The number of nitrogens with zero attached hydrogens (tertiary/aromatic N) is 1. The van der Waals surface area contributed by atoms with Gasteiger partial charge in [-0.2, -0.15) is 26.7 Å².